The molecule has 0 N–H and O–H groups in total. The monoisotopic (exact) mass is 791 g/mol. The van der Waals surface area contributed by atoms with E-state index in [9.17, 15) is 0 Å². The molecule has 1 heteroatoms. The Bertz CT molecular complexity index is 2780. The van der Waals surface area contributed by atoms with Crippen LogP contribution in [0.2, 0.25) is 0 Å². The second-order valence-electron chi connectivity index (χ2n) is 20.8. The third-order valence-corrected chi connectivity index (χ3v) is 16.6. The molecule has 6 aliphatic rings. The number of anilines is 3. The molecule has 0 aliphatic heterocycles. The Morgan fingerprint density at radius 3 is 1.56 bits per heavy atom. The van der Waals surface area contributed by atoms with Gasteiger partial charge in [0.25, 0.3) is 0 Å². The Labute approximate surface area is 363 Å². The highest BCUT2D eigenvalue weighted by atomic mass is 15.1. The van der Waals surface area contributed by atoms with Crippen molar-refractivity contribution in [2.24, 2.45) is 23.7 Å². The van der Waals surface area contributed by atoms with E-state index in [1.807, 2.05) is 0 Å². The number of benzene rings is 7. The standard InChI is InChI=1S/C60H57N/c1-58(2)30-31-59(3,4)56-37-45(24-29-54(56)58)50-14-9-11-17-57(50)61(48-25-22-44(23-26-48)43-20-18-42(19-21-43)41-12-6-5-7-13-41)49-27-28-52-51-15-8-10-16-53(51)60(55(52)38-49)46-33-39-32-40(35-46)36-47(60)34-39/h5-29,37-40,46-47H,30-36H2,1-4H3. The highest BCUT2D eigenvalue weighted by molar-refractivity contribution is 5.91. The van der Waals surface area contributed by atoms with Gasteiger partial charge < -0.3 is 4.90 Å². The summed E-state index contributed by atoms with van der Waals surface area (Å²) in [4.78, 5) is 2.58. The summed E-state index contributed by atoms with van der Waals surface area (Å²) in [6.45, 7) is 9.75. The number of rotatable bonds is 6. The van der Waals surface area contributed by atoms with E-state index in [2.05, 4.69) is 196 Å². The van der Waals surface area contributed by atoms with E-state index in [1.54, 1.807) is 11.1 Å². The van der Waals surface area contributed by atoms with Gasteiger partial charge in [0.2, 0.25) is 0 Å². The molecule has 302 valence electrons. The molecule has 0 radical (unpaired) electrons. The van der Waals surface area contributed by atoms with E-state index in [-0.39, 0.29) is 16.2 Å². The topological polar surface area (TPSA) is 3.24 Å². The van der Waals surface area contributed by atoms with Crippen molar-refractivity contribution in [3.8, 4) is 44.5 Å². The molecule has 0 amide bonds. The maximum atomic E-state index is 2.66. The second kappa shape index (κ2) is 13.7. The van der Waals surface area contributed by atoms with Gasteiger partial charge in [-0.1, -0.05) is 161 Å². The minimum absolute atomic E-state index is 0.104. The predicted molar refractivity (Wildman–Crippen MR) is 256 cm³/mol. The zero-order valence-electron chi connectivity index (χ0n) is 36.3. The van der Waals surface area contributed by atoms with Gasteiger partial charge >= 0.3 is 0 Å². The van der Waals surface area contributed by atoms with Crippen molar-refractivity contribution in [2.45, 2.75) is 88.9 Å². The lowest BCUT2D eigenvalue weighted by molar-refractivity contribution is -0.0399. The van der Waals surface area contributed by atoms with Crippen molar-refractivity contribution < 1.29 is 0 Å². The summed E-state index contributed by atoms with van der Waals surface area (Å²) >= 11 is 0. The van der Waals surface area contributed by atoms with Gasteiger partial charge in [-0.2, -0.15) is 0 Å². The summed E-state index contributed by atoms with van der Waals surface area (Å²) in [5.41, 5.74) is 20.8. The quantitative estimate of drug-likeness (QED) is 0.162. The molecule has 61 heavy (non-hydrogen) atoms. The van der Waals surface area contributed by atoms with Crippen LogP contribution in [0.25, 0.3) is 44.5 Å². The third kappa shape index (κ3) is 5.72. The van der Waals surface area contributed by atoms with Crippen LogP contribution in [-0.2, 0) is 16.2 Å². The molecule has 7 aromatic carbocycles. The van der Waals surface area contributed by atoms with Gasteiger partial charge in [-0.3, -0.25) is 0 Å². The lowest BCUT2D eigenvalue weighted by atomic mass is 9.43. The zero-order valence-corrected chi connectivity index (χ0v) is 36.3. The Morgan fingerprint density at radius 1 is 0.377 bits per heavy atom. The first-order valence-corrected chi connectivity index (χ1v) is 23.2. The second-order valence-corrected chi connectivity index (χ2v) is 20.8. The maximum Gasteiger partial charge on any atom is 0.0540 e. The fourth-order valence-electron chi connectivity index (χ4n) is 13.7. The minimum atomic E-state index is 0.104. The normalized spacial score (nSPS) is 24.6. The molecule has 0 atom stereocenters. The summed E-state index contributed by atoms with van der Waals surface area (Å²) in [5.74, 6) is 3.27. The fourth-order valence-corrected chi connectivity index (χ4v) is 13.7. The van der Waals surface area contributed by atoms with Crippen molar-refractivity contribution in [1.29, 1.82) is 0 Å². The molecule has 0 aromatic heterocycles. The molecule has 7 aromatic rings. The van der Waals surface area contributed by atoms with Crippen LogP contribution >= 0.6 is 0 Å². The van der Waals surface area contributed by atoms with Crippen LogP contribution in [0.1, 0.15) is 94.9 Å². The Balaban J connectivity index is 1.02. The number of nitrogens with zero attached hydrogens (tertiary/aromatic N) is 1. The van der Waals surface area contributed by atoms with E-state index in [0.29, 0.717) is 0 Å². The highest BCUT2D eigenvalue weighted by Crippen LogP contribution is 2.69. The van der Waals surface area contributed by atoms with Crippen LogP contribution in [-0.4, -0.2) is 0 Å². The number of hydrogen-bond acceptors (Lipinski definition) is 1. The molecule has 0 saturated heterocycles. The van der Waals surface area contributed by atoms with Gasteiger partial charge in [0.05, 0.1) is 5.69 Å². The predicted octanol–water partition coefficient (Wildman–Crippen LogP) is 16.2. The summed E-state index contributed by atoms with van der Waals surface area (Å²) in [6, 6.07) is 62.8. The van der Waals surface area contributed by atoms with Crippen LogP contribution in [0.15, 0.2) is 164 Å². The Hall–Kier alpha value is -5.66. The summed E-state index contributed by atoms with van der Waals surface area (Å²) in [7, 11) is 0. The molecule has 6 aliphatic carbocycles. The van der Waals surface area contributed by atoms with Crippen molar-refractivity contribution in [3.63, 3.8) is 0 Å². The maximum absolute atomic E-state index is 2.66. The zero-order chi connectivity index (χ0) is 41.1. The van der Waals surface area contributed by atoms with Crippen LogP contribution in [0.5, 0.6) is 0 Å². The number of hydrogen-bond donors (Lipinski definition) is 0. The summed E-state index contributed by atoms with van der Waals surface area (Å²) < 4.78 is 0. The first kappa shape index (κ1) is 37.1. The summed E-state index contributed by atoms with van der Waals surface area (Å²) in [5, 5.41) is 0. The van der Waals surface area contributed by atoms with Gasteiger partial charge in [-0.25, -0.2) is 0 Å². The molecule has 4 bridgehead atoms. The van der Waals surface area contributed by atoms with Gasteiger partial charge in [-0.15, -0.1) is 0 Å². The summed E-state index contributed by atoms with van der Waals surface area (Å²) in [6.07, 6.45) is 9.43. The lowest BCUT2D eigenvalue weighted by Crippen LogP contribution is -2.55. The molecular formula is C60H57N. The van der Waals surface area contributed by atoms with Gasteiger partial charge in [0.15, 0.2) is 0 Å². The smallest absolute Gasteiger partial charge is 0.0540 e. The van der Waals surface area contributed by atoms with Crippen LogP contribution < -0.4 is 4.90 Å². The third-order valence-electron chi connectivity index (χ3n) is 16.6. The lowest BCUT2D eigenvalue weighted by Gasteiger charge is -2.61. The van der Waals surface area contributed by atoms with Crippen molar-refractivity contribution >= 4 is 17.1 Å². The van der Waals surface area contributed by atoms with E-state index in [0.717, 1.165) is 23.7 Å². The van der Waals surface area contributed by atoms with Gasteiger partial charge in [-0.05, 0) is 171 Å². The highest BCUT2D eigenvalue weighted by Gasteiger charge is 2.61. The van der Waals surface area contributed by atoms with E-state index >= 15 is 0 Å². The van der Waals surface area contributed by atoms with E-state index in [1.165, 1.54) is 118 Å². The molecule has 1 spiro atoms. The van der Waals surface area contributed by atoms with Gasteiger partial charge in [0, 0.05) is 22.4 Å². The van der Waals surface area contributed by atoms with E-state index in [4.69, 9.17) is 0 Å². The Morgan fingerprint density at radius 2 is 0.885 bits per heavy atom. The first-order valence-electron chi connectivity index (χ1n) is 23.2. The Kier molecular flexibility index (Phi) is 8.32. The molecular weight excluding hydrogens is 735 g/mol. The van der Waals surface area contributed by atoms with Gasteiger partial charge in [0.1, 0.15) is 0 Å². The van der Waals surface area contributed by atoms with Crippen LogP contribution in [0.4, 0.5) is 17.1 Å². The first-order chi connectivity index (χ1) is 29.7. The average molecular weight is 792 g/mol. The number of para-hydroxylation sites is 1. The molecule has 13 rings (SSSR count). The molecule has 0 unspecified atom stereocenters. The van der Waals surface area contributed by atoms with Crippen molar-refractivity contribution in [3.05, 3.63) is 186 Å². The molecule has 0 heterocycles. The number of fused-ring (bicyclic) bond motifs is 4. The van der Waals surface area contributed by atoms with Crippen molar-refractivity contribution in [2.75, 3.05) is 4.90 Å². The van der Waals surface area contributed by atoms with Crippen LogP contribution in [0, 0.1) is 23.7 Å². The SMILES string of the molecule is CC1(C)CCC(C)(C)c2cc(-c3ccccc3N(c3ccc(-c4ccc(-c5ccccc5)cc4)cc3)c3ccc4c(c3)C3(c5ccccc5-4)C4CC5CC(C4)CC3C5)ccc21. The van der Waals surface area contributed by atoms with E-state index < -0.39 is 0 Å². The average Bonchev–Trinajstić information content (AvgIpc) is 3.58. The van der Waals surface area contributed by atoms with Crippen molar-refractivity contribution in [1.82, 2.24) is 0 Å². The molecule has 1 nitrogen and oxygen atoms in total. The minimum Gasteiger partial charge on any atom is -0.310 e. The largest absolute Gasteiger partial charge is 0.310 e. The fraction of sp³-hybridized carbons (Fsp3) is 0.300. The molecule has 4 saturated carbocycles. The molecule has 4 fully saturated rings. The van der Waals surface area contributed by atoms with Crippen LogP contribution in [0.3, 0.4) is 0 Å².